The maximum Gasteiger partial charge on any atom is 0.335 e. The third kappa shape index (κ3) is 5.35. The van der Waals surface area contributed by atoms with Crippen molar-refractivity contribution in [3.63, 3.8) is 0 Å². The van der Waals surface area contributed by atoms with E-state index >= 15 is 0 Å². The summed E-state index contributed by atoms with van der Waals surface area (Å²) >= 11 is 1.04. The summed E-state index contributed by atoms with van der Waals surface area (Å²) in [4.78, 5) is 15.4. The van der Waals surface area contributed by atoms with Crippen molar-refractivity contribution in [2.24, 2.45) is 5.92 Å². The van der Waals surface area contributed by atoms with Crippen LogP contribution in [0.4, 0.5) is 5.69 Å². The number of sulfonamides is 1. The van der Waals surface area contributed by atoms with Crippen molar-refractivity contribution in [2.75, 3.05) is 11.8 Å². The van der Waals surface area contributed by atoms with E-state index in [1.165, 1.54) is 57.2 Å². The van der Waals surface area contributed by atoms with Crippen LogP contribution in [0.1, 0.15) is 41.6 Å². The van der Waals surface area contributed by atoms with Gasteiger partial charge in [0.2, 0.25) is 0 Å². The molecule has 3 aromatic rings. The number of nitrogens with one attached hydrogen (secondary N) is 1. The fraction of sp³-hybridized carbons (Fsp3) is 0.250. The van der Waals surface area contributed by atoms with Crippen LogP contribution in [0.25, 0.3) is 10.6 Å². The van der Waals surface area contributed by atoms with Crippen LogP contribution in [-0.4, -0.2) is 31.6 Å². The molecule has 4 rings (SSSR count). The van der Waals surface area contributed by atoms with Crippen LogP contribution in [0.15, 0.2) is 52.9 Å². The molecule has 0 unspecified atom stereocenters. The van der Waals surface area contributed by atoms with Gasteiger partial charge in [-0.2, -0.15) is 0 Å². The number of aromatic carboxylic acids is 1. The molecule has 0 aliphatic heterocycles. The summed E-state index contributed by atoms with van der Waals surface area (Å²) < 4.78 is 33.4. The Balaban J connectivity index is 1.51. The maximum atomic E-state index is 12.9. The highest BCUT2D eigenvalue weighted by molar-refractivity contribution is 7.94. The first-order valence-corrected chi connectivity index (χ1v) is 12.7. The van der Waals surface area contributed by atoms with Crippen LogP contribution in [0, 0.1) is 17.8 Å². The zero-order valence-corrected chi connectivity index (χ0v) is 19.5. The highest BCUT2D eigenvalue weighted by Gasteiger charge is 2.21. The zero-order valence-electron chi connectivity index (χ0n) is 17.9. The molecule has 2 aromatic carbocycles. The van der Waals surface area contributed by atoms with E-state index in [2.05, 4.69) is 21.5 Å². The van der Waals surface area contributed by atoms with Crippen molar-refractivity contribution in [2.45, 2.75) is 29.9 Å². The molecular formula is C24H22N2O5S2. The van der Waals surface area contributed by atoms with E-state index in [-0.39, 0.29) is 21.2 Å². The topological polar surface area (TPSA) is 106 Å². The number of benzene rings is 2. The first kappa shape index (κ1) is 22.8. The number of hydrogen-bond donors (Lipinski definition) is 2. The number of nitrogens with zero attached hydrogens (tertiary/aromatic N) is 1. The Morgan fingerprint density at radius 2 is 1.91 bits per heavy atom. The van der Waals surface area contributed by atoms with Crippen LogP contribution in [0.3, 0.4) is 0 Å². The highest BCUT2D eigenvalue weighted by Crippen LogP contribution is 2.32. The minimum Gasteiger partial charge on any atom is -0.495 e. The van der Waals surface area contributed by atoms with E-state index in [1.54, 1.807) is 0 Å². The molecule has 170 valence electrons. The lowest BCUT2D eigenvalue weighted by molar-refractivity contribution is 0.0696. The molecular weight excluding hydrogens is 460 g/mol. The molecule has 0 bridgehead atoms. The largest absolute Gasteiger partial charge is 0.495 e. The number of carboxylic acids is 1. The Morgan fingerprint density at radius 1 is 1.18 bits per heavy atom. The highest BCUT2D eigenvalue weighted by atomic mass is 32.2. The minimum absolute atomic E-state index is 0.00810. The number of rotatable bonds is 6. The number of ether oxygens (including phenoxy) is 1. The molecule has 1 aliphatic carbocycles. The molecule has 1 heterocycles. The average molecular weight is 483 g/mol. The van der Waals surface area contributed by atoms with Crippen LogP contribution >= 0.6 is 11.3 Å². The van der Waals surface area contributed by atoms with Gasteiger partial charge in [0.05, 0.1) is 24.6 Å². The molecule has 0 amide bonds. The van der Waals surface area contributed by atoms with Crippen LogP contribution in [0.2, 0.25) is 0 Å². The molecule has 9 heteroatoms. The molecule has 1 saturated carbocycles. The Kier molecular flexibility index (Phi) is 6.67. The van der Waals surface area contributed by atoms with E-state index in [0.29, 0.717) is 10.9 Å². The van der Waals surface area contributed by atoms with Gasteiger partial charge >= 0.3 is 5.97 Å². The molecule has 1 aliphatic rings. The molecule has 33 heavy (non-hydrogen) atoms. The number of hydrogen-bond acceptors (Lipinski definition) is 6. The summed E-state index contributed by atoms with van der Waals surface area (Å²) in [6, 6.07) is 11.5. The van der Waals surface area contributed by atoms with Crippen molar-refractivity contribution in [3.8, 4) is 28.2 Å². The van der Waals surface area contributed by atoms with E-state index < -0.39 is 16.0 Å². The second kappa shape index (κ2) is 9.65. The molecule has 1 aromatic heterocycles. The van der Waals surface area contributed by atoms with Crippen molar-refractivity contribution in [1.82, 2.24) is 4.98 Å². The van der Waals surface area contributed by atoms with E-state index in [4.69, 9.17) is 9.84 Å². The van der Waals surface area contributed by atoms with Crippen LogP contribution < -0.4 is 9.46 Å². The van der Waals surface area contributed by atoms with Gasteiger partial charge in [-0.05, 0) is 43.2 Å². The molecule has 0 saturated heterocycles. The van der Waals surface area contributed by atoms with Gasteiger partial charge in [-0.1, -0.05) is 36.8 Å². The number of aromatic nitrogens is 1. The van der Waals surface area contributed by atoms with E-state index in [0.717, 1.165) is 22.5 Å². The van der Waals surface area contributed by atoms with Crippen LogP contribution in [0.5, 0.6) is 5.75 Å². The fourth-order valence-electron chi connectivity index (χ4n) is 3.57. The van der Waals surface area contributed by atoms with Crippen molar-refractivity contribution in [1.29, 1.82) is 0 Å². The predicted molar refractivity (Wildman–Crippen MR) is 127 cm³/mol. The van der Waals surface area contributed by atoms with Gasteiger partial charge in [-0.15, -0.1) is 11.3 Å². The summed E-state index contributed by atoms with van der Waals surface area (Å²) in [6.45, 7) is 0. The normalized spacial score (nSPS) is 13.8. The zero-order chi connectivity index (χ0) is 23.4. The van der Waals surface area contributed by atoms with Crippen molar-refractivity contribution >= 4 is 33.0 Å². The van der Waals surface area contributed by atoms with Gasteiger partial charge < -0.3 is 9.84 Å². The lowest BCUT2D eigenvalue weighted by Crippen LogP contribution is -2.12. The molecule has 7 nitrogen and oxygen atoms in total. The second-order valence-electron chi connectivity index (χ2n) is 7.64. The SMILES string of the molecule is COc1cc(C(=O)O)ccc1NS(=O)(=O)c1cnc(-c2ccc(C#CC3CCCC3)cc2)s1. The summed E-state index contributed by atoms with van der Waals surface area (Å²) in [7, 11) is -2.60. The number of methoxy groups -OCH3 is 1. The third-order valence-corrected chi connectivity index (χ3v) is 8.22. The monoisotopic (exact) mass is 482 g/mol. The third-order valence-electron chi connectivity index (χ3n) is 5.35. The predicted octanol–water partition coefficient (Wildman–Crippen LogP) is 4.86. The van der Waals surface area contributed by atoms with Gasteiger partial charge in [0.25, 0.3) is 10.0 Å². The fourth-order valence-corrected chi connectivity index (χ4v) is 5.78. The first-order valence-electron chi connectivity index (χ1n) is 10.4. The van der Waals surface area contributed by atoms with Crippen molar-refractivity contribution in [3.05, 3.63) is 59.8 Å². The molecule has 1 fully saturated rings. The smallest absolute Gasteiger partial charge is 0.335 e. The first-order chi connectivity index (χ1) is 15.9. The average Bonchev–Trinajstić information content (AvgIpc) is 3.51. The van der Waals surface area contributed by atoms with Crippen LogP contribution in [-0.2, 0) is 10.0 Å². The molecule has 0 atom stereocenters. The number of thiazole rings is 1. The number of anilines is 1. The molecule has 0 spiro atoms. The standard InChI is InChI=1S/C24H22N2O5S2/c1-31-21-14-19(24(27)28)12-13-20(21)26-33(29,30)22-15-25-23(32-22)18-10-8-17(9-11-18)7-6-16-4-2-3-5-16/h8-16,26H,2-5H2,1H3,(H,27,28). The second-order valence-corrected chi connectivity index (χ2v) is 10.6. The Bertz CT molecular complexity index is 1330. The maximum absolute atomic E-state index is 12.9. The van der Waals surface area contributed by atoms with Gasteiger partial charge in [-0.25, -0.2) is 18.2 Å². The lowest BCUT2D eigenvalue weighted by Gasteiger charge is -2.11. The van der Waals surface area contributed by atoms with Gasteiger partial charge in [0.1, 0.15) is 10.8 Å². The van der Waals surface area contributed by atoms with Gasteiger partial charge in [0, 0.05) is 17.0 Å². The van der Waals surface area contributed by atoms with E-state index in [9.17, 15) is 13.2 Å². The Morgan fingerprint density at radius 3 is 2.58 bits per heavy atom. The Hall–Kier alpha value is -3.35. The lowest BCUT2D eigenvalue weighted by atomic mass is 10.1. The summed E-state index contributed by atoms with van der Waals surface area (Å²) in [5, 5.41) is 9.67. The Labute approximate surface area is 196 Å². The molecule has 2 N–H and O–H groups in total. The minimum atomic E-state index is -3.94. The number of carboxylic acid groups (broad SMARTS) is 1. The molecule has 0 radical (unpaired) electrons. The van der Waals surface area contributed by atoms with Crippen molar-refractivity contribution < 1.29 is 23.1 Å². The summed E-state index contributed by atoms with van der Waals surface area (Å²) in [5.74, 6) is 6.02. The quantitative estimate of drug-likeness (QED) is 0.486. The summed E-state index contributed by atoms with van der Waals surface area (Å²) in [5.41, 5.74) is 1.86. The van der Waals surface area contributed by atoms with Gasteiger partial charge in [0.15, 0.2) is 4.21 Å². The van der Waals surface area contributed by atoms with Gasteiger partial charge in [-0.3, -0.25) is 4.72 Å². The number of carbonyl (C=O) groups is 1. The summed E-state index contributed by atoms with van der Waals surface area (Å²) in [6.07, 6.45) is 6.15. The van der Waals surface area contributed by atoms with E-state index in [1.807, 2.05) is 24.3 Å².